The van der Waals surface area contributed by atoms with Gasteiger partial charge in [0.15, 0.2) is 0 Å². The summed E-state index contributed by atoms with van der Waals surface area (Å²) in [7, 11) is 0. The summed E-state index contributed by atoms with van der Waals surface area (Å²) in [5.41, 5.74) is 7.50. The Morgan fingerprint density at radius 1 is 0.200 bits per heavy atom. The third-order valence-corrected chi connectivity index (χ3v) is 7.72. The van der Waals surface area contributed by atoms with E-state index in [1.54, 1.807) is 0 Å². The van der Waals surface area contributed by atoms with Gasteiger partial charge >= 0.3 is 0 Å². The molecule has 0 saturated heterocycles. The van der Waals surface area contributed by atoms with Crippen molar-refractivity contribution in [3.05, 3.63) is 170 Å². The Hall–Kier alpha value is -5.20. The summed E-state index contributed by atoms with van der Waals surface area (Å²) in [6.45, 7) is 0. The molecule has 0 heterocycles. The largest absolute Gasteiger partial charge is 0.0623 e. The molecule has 0 heteroatoms. The van der Waals surface area contributed by atoms with Crippen molar-refractivity contribution in [1.82, 2.24) is 0 Å². The molecule has 0 nitrogen and oxygen atoms in total. The highest BCUT2D eigenvalue weighted by Crippen LogP contribution is 2.46. The lowest BCUT2D eigenvalue weighted by molar-refractivity contribution is 1.64. The summed E-state index contributed by atoms with van der Waals surface area (Å²) < 4.78 is 0. The molecule has 0 bridgehead atoms. The van der Waals surface area contributed by atoms with E-state index in [9.17, 15) is 0 Å². The van der Waals surface area contributed by atoms with Gasteiger partial charge in [-0.2, -0.15) is 0 Å². The van der Waals surface area contributed by atoms with Crippen LogP contribution in [0.15, 0.2) is 170 Å². The van der Waals surface area contributed by atoms with Crippen LogP contribution in [-0.4, -0.2) is 0 Å². The second-order valence-electron chi connectivity index (χ2n) is 10.0. The van der Waals surface area contributed by atoms with Gasteiger partial charge in [-0.25, -0.2) is 0 Å². The van der Waals surface area contributed by atoms with E-state index < -0.39 is 0 Å². The third-order valence-electron chi connectivity index (χ3n) is 7.72. The molecule has 0 spiro atoms. The molecule has 0 aliphatic rings. The molecule has 0 amide bonds. The Labute approximate surface area is 235 Å². The number of hydrogen-bond donors (Lipinski definition) is 0. The molecular formula is C40H28. The normalized spacial score (nSPS) is 11.0. The predicted molar refractivity (Wildman–Crippen MR) is 173 cm³/mol. The number of benzene rings is 6. The Morgan fingerprint density at radius 2 is 0.525 bits per heavy atom. The molecule has 0 radical (unpaired) electrons. The molecule has 188 valence electrons. The fourth-order valence-electron chi connectivity index (χ4n) is 5.98. The maximum Gasteiger partial charge on any atom is -0.00201 e. The van der Waals surface area contributed by atoms with E-state index in [0.717, 1.165) is 0 Å². The van der Waals surface area contributed by atoms with Crippen molar-refractivity contribution in [3.63, 3.8) is 0 Å². The summed E-state index contributed by atoms with van der Waals surface area (Å²) in [5, 5.41) is 7.58. The number of hydrogen-bond acceptors (Lipinski definition) is 0. The first kappa shape index (κ1) is 23.9. The molecule has 40 heavy (non-hydrogen) atoms. The minimum Gasteiger partial charge on any atom is -0.0623 e. The standard InChI is InChI=1S/C40H28/c1-2-4-7-19-30(20-8-5-3-1)39-34-23-13-15-25-36(34)40(37-26-16-14-24-35(37)39)38-28-27-31(29-17-9-6-10-18-29)32-21-11-12-22-33(32)38/h1-28H. The van der Waals surface area contributed by atoms with Gasteiger partial charge in [-0.15, -0.1) is 0 Å². The second-order valence-corrected chi connectivity index (χ2v) is 10.0. The monoisotopic (exact) mass is 508 g/mol. The summed E-state index contributed by atoms with van der Waals surface area (Å²) in [5.74, 6) is 0. The lowest BCUT2D eigenvalue weighted by atomic mass is 9.84. The molecule has 7 aromatic carbocycles. The highest BCUT2D eigenvalue weighted by molar-refractivity contribution is 6.24. The van der Waals surface area contributed by atoms with Gasteiger partial charge in [0.2, 0.25) is 0 Å². The third kappa shape index (κ3) is 4.21. The van der Waals surface area contributed by atoms with Crippen LogP contribution in [0.3, 0.4) is 0 Å². The highest BCUT2D eigenvalue weighted by Gasteiger charge is 2.18. The van der Waals surface area contributed by atoms with Crippen LogP contribution in [0.5, 0.6) is 0 Å². The molecule has 0 aromatic heterocycles. The van der Waals surface area contributed by atoms with E-state index in [-0.39, 0.29) is 0 Å². The zero-order valence-corrected chi connectivity index (χ0v) is 22.2. The SMILES string of the molecule is c1ccccc(-c2c3ccccc3c(-c3ccc(-c4ccccc4)c4ccccc34)c3ccccc23)cccc1. The van der Waals surface area contributed by atoms with Crippen molar-refractivity contribution < 1.29 is 0 Å². The first-order valence-corrected chi connectivity index (χ1v) is 13.8. The van der Waals surface area contributed by atoms with Crippen LogP contribution in [0.2, 0.25) is 0 Å². The molecule has 7 aromatic rings. The summed E-state index contributed by atoms with van der Waals surface area (Å²) in [6.07, 6.45) is 0. The van der Waals surface area contributed by atoms with E-state index >= 15 is 0 Å². The van der Waals surface area contributed by atoms with Crippen molar-refractivity contribution in [1.29, 1.82) is 0 Å². The highest BCUT2D eigenvalue weighted by atomic mass is 14.2. The van der Waals surface area contributed by atoms with E-state index in [1.807, 2.05) is 6.07 Å². The molecule has 0 unspecified atom stereocenters. The topological polar surface area (TPSA) is 0 Å². The minimum absolute atomic E-state index is 1.19. The molecule has 0 aliphatic carbocycles. The van der Waals surface area contributed by atoms with Gasteiger partial charge in [-0.3, -0.25) is 0 Å². The van der Waals surface area contributed by atoms with Gasteiger partial charge in [-0.05, 0) is 65.7 Å². The van der Waals surface area contributed by atoms with Crippen LogP contribution < -0.4 is 0 Å². The van der Waals surface area contributed by atoms with Crippen molar-refractivity contribution in [2.75, 3.05) is 0 Å². The van der Waals surface area contributed by atoms with Crippen LogP contribution in [0, 0.1) is 0 Å². The Morgan fingerprint density at radius 3 is 1.05 bits per heavy atom. The molecule has 0 saturated carbocycles. The fraction of sp³-hybridized carbons (Fsp3) is 0. The Bertz CT molecular complexity index is 1970. The van der Waals surface area contributed by atoms with Gasteiger partial charge < -0.3 is 0 Å². The quantitative estimate of drug-likeness (QED) is 0.208. The van der Waals surface area contributed by atoms with Gasteiger partial charge in [-0.1, -0.05) is 170 Å². The zero-order chi connectivity index (χ0) is 26.7. The van der Waals surface area contributed by atoms with Gasteiger partial charge in [0.1, 0.15) is 0 Å². The van der Waals surface area contributed by atoms with E-state index in [0.29, 0.717) is 0 Å². The number of rotatable bonds is 3. The molecule has 0 atom stereocenters. The van der Waals surface area contributed by atoms with Gasteiger partial charge in [0.25, 0.3) is 0 Å². The lowest BCUT2D eigenvalue weighted by Gasteiger charge is -2.19. The molecular weight excluding hydrogens is 480 g/mol. The minimum atomic E-state index is 1.19. The van der Waals surface area contributed by atoms with E-state index in [4.69, 9.17) is 0 Å². The van der Waals surface area contributed by atoms with Crippen molar-refractivity contribution in [3.8, 4) is 33.4 Å². The summed E-state index contributed by atoms with van der Waals surface area (Å²) in [4.78, 5) is 0. The Kier molecular flexibility index (Phi) is 6.28. The summed E-state index contributed by atoms with van der Waals surface area (Å²) >= 11 is 0. The lowest BCUT2D eigenvalue weighted by Crippen LogP contribution is -1.92. The average Bonchev–Trinajstić information content (AvgIpc) is 3.02. The first-order valence-electron chi connectivity index (χ1n) is 13.8. The van der Waals surface area contributed by atoms with Crippen LogP contribution in [0.1, 0.15) is 0 Å². The molecule has 7 rings (SSSR count). The van der Waals surface area contributed by atoms with Crippen molar-refractivity contribution >= 4 is 32.3 Å². The summed E-state index contributed by atoms with van der Waals surface area (Å²) in [6, 6.07) is 60.9. The maximum absolute atomic E-state index is 2.32. The van der Waals surface area contributed by atoms with Crippen LogP contribution in [0.25, 0.3) is 65.7 Å². The van der Waals surface area contributed by atoms with Crippen LogP contribution in [-0.2, 0) is 0 Å². The van der Waals surface area contributed by atoms with E-state index in [2.05, 4.69) is 164 Å². The average molecular weight is 509 g/mol. The predicted octanol–water partition coefficient (Wildman–Crippen LogP) is 11.3. The molecule has 0 aliphatic heterocycles. The number of fused-ring (bicyclic) bond motifs is 3. The first-order chi connectivity index (χ1) is 19.9. The van der Waals surface area contributed by atoms with Crippen LogP contribution in [0.4, 0.5) is 0 Å². The van der Waals surface area contributed by atoms with Crippen molar-refractivity contribution in [2.45, 2.75) is 0 Å². The fourth-order valence-corrected chi connectivity index (χ4v) is 5.98. The van der Waals surface area contributed by atoms with Crippen LogP contribution >= 0.6 is 0 Å². The Balaban J connectivity index is 1.60. The van der Waals surface area contributed by atoms with Crippen molar-refractivity contribution in [2.24, 2.45) is 0 Å². The van der Waals surface area contributed by atoms with Gasteiger partial charge in [0.05, 0.1) is 0 Å². The van der Waals surface area contributed by atoms with E-state index in [1.165, 1.54) is 65.7 Å². The smallest absolute Gasteiger partial charge is 0.00201 e. The van der Waals surface area contributed by atoms with Gasteiger partial charge in [0, 0.05) is 0 Å². The second kappa shape index (κ2) is 10.5. The molecule has 0 N–H and O–H groups in total. The zero-order valence-electron chi connectivity index (χ0n) is 22.2. The maximum atomic E-state index is 2.32. The molecule has 0 fully saturated rings.